The van der Waals surface area contributed by atoms with Crippen LogP contribution in [0, 0.1) is 11.8 Å². The summed E-state index contributed by atoms with van der Waals surface area (Å²) in [5.41, 5.74) is 0.509. The summed E-state index contributed by atoms with van der Waals surface area (Å²) >= 11 is 0. The minimum atomic E-state index is -3.50. The summed E-state index contributed by atoms with van der Waals surface area (Å²) in [4.78, 5) is 14.3. The molecule has 0 unspecified atom stereocenters. The van der Waals surface area contributed by atoms with Gasteiger partial charge in [0.2, 0.25) is 10.0 Å². The Kier molecular flexibility index (Phi) is 7.71. The molecule has 3 rings (SSSR count). The summed E-state index contributed by atoms with van der Waals surface area (Å²) in [7, 11) is -3.50. The van der Waals surface area contributed by atoms with Gasteiger partial charge in [-0.25, -0.2) is 8.42 Å². The third-order valence-corrected chi connectivity index (χ3v) is 7.99. The number of amides is 1. The quantitative estimate of drug-likeness (QED) is 0.655. The molecule has 0 spiro atoms. The number of nitrogens with one attached hydrogen (secondary N) is 2. The maximum atomic E-state index is 12.9. The lowest BCUT2D eigenvalue weighted by Crippen LogP contribution is -3.12. The smallest absolute Gasteiger partial charge is 0.251 e. The second kappa shape index (κ2) is 10.0. The molecule has 0 bridgehead atoms. The van der Waals surface area contributed by atoms with Gasteiger partial charge in [-0.05, 0) is 61.8 Å². The van der Waals surface area contributed by atoms with Gasteiger partial charge in [0, 0.05) is 31.6 Å². The zero-order valence-electron chi connectivity index (χ0n) is 17.8. The van der Waals surface area contributed by atoms with Crippen LogP contribution in [0.25, 0.3) is 0 Å². The molecule has 7 heteroatoms. The van der Waals surface area contributed by atoms with Crippen LogP contribution < -0.4 is 10.2 Å². The van der Waals surface area contributed by atoms with Crippen LogP contribution in [-0.4, -0.2) is 57.9 Å². The van der Waals surface area contributed by atoms with Crippen molar-refractivity contribution in [3.8, 4) is 0 Å². The molecule has 1 aromatic rings. The van der Waals surface area contributed by atoms with Crippen LogP contribution >= 0.6 is 0 Å². The van der Waals surface area contributed by atoms with E-state index in [4.69, 9.17) is 0 Å². The largest absolute Gasteiger partial charge is 0.352 e. The molecule has 2 atom stereocenters. The predicted molar refractivity (Wildman–Crippen MR) is 115 cm³/mol. The van der Waals surface area contributed by atoms with Gasteiger partial charge in [-0.15, -0.1) is 0 Å². The molecule has 2 N–H and O–H groups in total. The SMILES string of the molecule is C[C@@H]1C[C@@H](C)CN(S(=O)(=O)c2ccc(C(=O)NCCC[NH+]3CCCCC3)cc2)C1. The molecule has 0 radical (unpaired) electrons. The van der Waals surface area contributed by atoms with Gasteiger partial charge in [0.15, 0.2) is 0 Å². The summed E-state index contributed by atoms with van der Waals surface area (Å²) in [6.07, 6.45) is 6.00. The Hall–Kier alpha value is -1.44. The summed E-state index contributed by atoms with van der Waals surface area (Å²) in [6, 6.07) is 6.36. The lowest BCUT2D eigenvalue weighted by atomic mass is 9.94. The molecule has 2 aliphatic rings. The number of hydrogen-bond acceptors (Lipinski definition) is 3. The van der Waals surface area contributed by atoms with E-state index in [1.54, 1.807) is 33.5 Å². The van der Waals surface area contributed by atoms with Gasteiger partial charge >= 0.3 is 0 Å². The normalized spacial score (nSPS) is 24.3. The predicted octanol–water partition coefficient (Wildman–Crippen LogP) is 1.54. The second-order valence-electron chi connectivity index (χ2n) is 8.96. The molecule has 162 valence electrons. The Labute approximate surface area is 175 Å². The highest BCUT2D eigenvalue weighted by Gasteiger charge is 2.31. The van der Waals surface area contributed by atoms with Crippen molar-refractivity contribution in [2.45, 2.75) is 50.8 Å². The average Bonchev–Trinajstić information content (AvgIpc) is 2.71. The van der Waals surface area contributed by atoms with Crippen molar-refractivity contribution in [3.05, 3.63) is 29.8 Å². The van der Waals surface area contributed by atoms with Crippen LogP contribution in [0.4, 0.5) is 0 Å². The number of hydrogen-bond donors (Lipinski definition) is 2. The van der Waals surface area contributed by atoms with Crippen molar-refractivity contribution < 1.29 is 18.1 Å². The Balaban J connectivity index is 1.51. The van der Waals surface area contributed by atoms with E-state index in [9.17, 15) is 13.2 Å². The fourth-order valence-electron chi connectivity index (χ4n) is 4.67. The number of piperidine rings is 2. The maximum Gasteiger partial charge on any atom is 0.251 e. The van der Waals surface area contributed by atoms with Gasteiger partial charge in [-0.2, -0.15) is 4.31 Å². The molecular formula is C22H36N3O3S+. The van der Waals surface area contributed by atoms with E-state index in [1.807, 2.05) is 0 Å². The number of likely N-dealkylation sites (tertiary alicyclic amines) is 1. The fourth-order valence-corrected chi connectivity index (χ4v) is 6.35. The standard InChI is InChI=1S/C22H35N3O3S/c1-18-15-19(2)17-25(16-18)29(27,28)21-9-7-20(8-10-21)22(26)23-11-6-14-24-12-4-3-5-13-24/h7-10,18-19H,3-6,11-17H2,1-2H3,(H,23,26)/p+1/t18-,19-/m1/s1. The minimum absolute atomic E-state index is 0.136. The Morgan fingerprint density at radius 2 is 1.69 bits per heavy atom. The summed E-state index contributed by atoms with van der Waals surface area (Å²) in [5, 5.41) is 2.96. The van der Waals surface area contributed by atoms with Crippen LogP contribution in [0.2, 0.25) is 0 Å². The van der Waals surface area contributed by atoms with Crippen LogP contribution in [0.1, 0.15) is 56.3 Å². The van der Waals surface area contributed by atoms with E-state index in [2.05, 4.69) is 19.2 Å². The zero-order chi connectivity index (χ0) is 20.9. The van der Waals surface area contributed by atoms with Gasteiger partial charge in [0.25, 0.3) is 5.91 Å². The van der Waals surface area contributed by atoms with Crippen LogP contribution in [0.15, 0.2) is 29.2 Å². The van der Waals surface area contributed by atoms with Crippen LogP contribution in [0.5, 0.6) is 0 Å². The first-order valence-corrected chi connectivity index (χ1v) is 12.5. The molecule has 2 fully saturated rings. The van der Waals surface area contributed by atoms with E-state index in [0.29, 0.717) is 37.0 Å². The summed E-state index contributed by atoms with van der Waals surface area (Å²) < 4.78 is 27.5. The molecule has 0 aromatic heterocycles. The molecule has 1 amide bonds. The van der Waals surface area contributed by atoms with Gasteiger partial charge < -0.3 is 10.2 Å². The van der Waals surface area contributed by atoms with E-state index >= 15 is 0 Å². The van der Waals surface area contributed by atoms with Crippen LogP contribution in [-0.2, 0) is 10.0 Å². The monoisotopic (exact) mass is 422 g/mol. The van der Waals surface area contributed by atoms with E-state index in [-0.39, 0.29) is 10.8 Å². The van der Waals surface area contributed by atoms with Crippen LogP contribution in [0.3, 0.4) is 0 Å². The van der Waals surface area contributed by atoms with Crippen molar-refractivity contribution in [2.24, 2.45) is 11.8 Å². The molecule has 0 aliphatic carbocycles. The molecule has 2 saturated heterocycles. The molecule has 2 aliphatic heterocycles. The fraction of sp³-hybridized carbons (Fsp3) is 0.682. The average molecular weight is 423 g/mol. The number of carbonyl (C=O) groups is 1. The first kappa shape index (κ1) is 22.2. The number of benzene rings is 1. The Morgan fingerprint density at radius 1 is 1.07 bits per heavy atom. The molecule has 2 heterocycles. The zero-order valence-corrected chi connectivity index (χ0v) is 18.6. The Morgan fingerprint density at radius 3 is 2.31 bits per heavy atom. The van der Waals surface area contributed by atoms with Gasteiger partial charge in [0.05, 0.1) is 24.5 Å². The lowest BCUT2D eigenvalue weighted by molar-refractivity contribution is -0.904. The highest BCUT2D eigenvalue weighted by Crippen LogP contribution is 2.26. The number of rotatable bonds is 7. The van der Waals surface area contributed by atoms with E-state index in [0.717, 1.165) is 19.4 Å². The minimum Gasteiger partial charge on any atom is -0.352 e. The lowest BCUT2D eigenvalue weighted by Gasteiger charge is -2.34. The number of quaternary nitrogens is 1. The van der Waals surface area contributed by atoms with E-state index < -0.39 is 10.0 Å². The van der Waals surface area contributed by atoms with Crippen molar-refractivity contribution in [2.75, 3.05) is 39.3 Å². The van der Waals surface area contributed by atoms with Crippen molar-refractivity contribution >= 4 is 15.9 Å². The first-order valence-electron chi connectivity index (χ1n) is 11.1. The first-order chi connectivity index (χ1) is 13.9. The third kappa shape index (κ3) is 6.03. The highest BCUT2D eigenvalue weighted by molar-refractivity contribution is 7.89. The van der Waals surface area contributed by atoms with E-state index in [1.165, 1.54) is 32.4 Å². The summed E-state index contributed by atoms with van der Waals surface area (Å²) in [6.45, 7) is 9.58. The summed E-state index contributed by atoms with van der Waals surface area (Å²) in [5.74, 6) is 0.596. The second-order valence-corrected chi connectivity index (χ2v) is 10.9. The highest BCUT2D eigenvalue weighted by atomic mass is 32.2. The third-order valence-electron chi connectivity index (χ3n) is 6.14. The van der Waals surface area contributed by atoms with Crippen molar-refractivity contribution in [1.82, 2.24) is 9.62 Å². The molecule has 0 saturated carbocycles. The van der Waals surface area contributed by atoms with Gasteiger partial charge in [-0.3, -0.25) is 4.79 Å². The van der Waals surface area contributed by atoms with Gasteiger partial charge in [-0.1, -0.05) is 13.8 Å². The molecule has 6 nitrogen and oxygen atoms in total. The topological polar surface area (TPSA) is 70.9 Å². The number of nitrogens with zero attached hydrogens (tertiary/aromatic N) is 1. The van der Waals surface area contributed by atoms with Crippen molar-refractivity contribution in [1.29, 1.82) is 0 Å². The maximum absolute atomic E-state index is 12.9. The number of carbonyl (C=O) groups excluding carboxylic acids is 1. The van der Waals surface area contributed by atoms with Gasteiger partial charge in [0.1, 0.15) is 0 Å². The molecular weight excluding hydrogens is 386 g/mol. The Bertz CT molecular complexity index is 763. The van der Waals surface area contributed by atoms with Crippen molar-refractivity contribution in [3.63, 3.8) is 0 Å². The molecule has 29 heavy (non-hydrogen) atoms. The molecule has 1 aromatic carbocycles. The number of sulfonamides is 1.